The Labute approximate surface area is 128 Å². The number of nitrogens with zero attached hydrogens (tertiary/aromatic N) is 3. The number of benzene rings is 1. The highest BCUT2D eigenvalue weighted by Gasteiger charge is 2.08. The Morgan fingerprint density at radius 3 is 2.90 bits per heavy atom. The lowest BCUT2D eigenvalue weighted by Crippen LogP contribution is -2.04. The van der Waals surface area contributed by atoms with Crippen molar-refractivity contribution in [3.05, 3.63) is 64.7 Å². The molecule has 3 aromatic rings. The summed E-state index contributed by atoms with van der Waals surface area (Å²) in [6.45, 7) is 2.90. The van der Waals surface area contributed by atoms with E-state index in [1.165, 1.54) is 11.1 Å². The third kappa shape index (κ3) is 3.08. The van der Waals surface area contributed by atoms with E-state index in [0.717, 1.165) is 24.4 Å². The second-order valence-electron chi connectivity index (χ2n) is 4.98. The van der Waals surface area contributed by atoms with Gasteiger partial charge in [0.1, 0.15) is 0 Å². The summed E-state index contributed by atoms with van der Waals surface area (Å²) in [4.78, 5) is 4.14. The molecule has 2 heterocycles. The zero-order valence-electron chi connectivity index (χ0n) is 11.8. The smallest absolute Gasteiger partial charge is 0.195 e. The van der Waals surface area contributed by atoms with Gasteiger partial charge in [-0.25, -0.2) is 0 Å². The maximum atomic E-state index is 5.34. The normalized spacial score (nSPS) is 10.7. The SMILES string of the molecule is Cc1cccc(CCn2c(-c3cccnc3)n[nH]c2=S)c1. The van der Waals surface area contributed by atoms with Crippen LogP contribution >= 0.6 is 12.2 Å². The van der Waals surface area contributed by atoms with Crippen LogP contribution in [0.2, 0.25) is 0 Å². The first-order valence-electron chi connectivity index (χ1n) is 6.85. The molecular formula is C16H16N4S. The fraction of sp³-hybridized carbons (Fsp3) is 0.188. The van der Waals surface area contributed by atoms with Crippen molar-refractivity contribution in [2.45, 2.75) is 19.9 Å². The molecule has 0 aliphatic rings. The predicted octanol–water partition coefficient (Wildman–Crippen LogP) is 3.55. The molecule has 0 spiro atoms. The van der Waals surface area contributed by atoms with Crippen molar-refractivity contribution in [1.29, 1.82) is 0 Å². The Kier molecular flexibility index (Phi) is 3.92. The Bertz CT molecular complexity index is 789. The fourth-order valence-electron chi connectivity index (χ4n) is 2.35. The van der Waals surface area contributed by atoms with E-state index in [4.69, 9.17) is 12.2 Å². The third-order valence-electron chi connectivity index (χ3n) is 3.38. The Morgan fingerprint density at radius 1 is 1.24 bits per heavy atom. The van der Waals surface area contributed by atoms with Crippen LogP contribution in [0, 0.1) is 11.7 Å². The molecule has 0 atom stereocenters. The molecule has 1 aromatic carbocycles. The maximum absolute atomic E-state index is 5.34. The van der Waals surface area contributed by atoms with Gasteiger partial charge in [-0.15, -0.1) is 0 Å². The fourth-order valence-corrected chi connectivity index (χ4v) is 2.57. The second kappa shape index (κ2) is 6.01. The molecule has 0 amide bonds. The van der Waals surface area contributed by atoms with Gasteiger partial charge >= 0.3 is 0 Å². The lowest BCUT2D eigenvalue weighted by molar-refractivity contribution is 0.691. The summed E-state index contributed by atoms with van der Waals surface area (Å²) >= 11 is 5.34. The van der Waals surface area contributed by atoms with E-state index in [0.29, 0.717) is 4.77 Å². The van der Waals surface area contributed by atoms with Gasteiger partial charge in [0, 0.05) is 24.5 Å². The molecule has 3 rings (SSSR count). The highest BCUT2D eigenvalue weighted by atomic mass is 32.1. The van der Waals surface area contributed by atoms with Crippen LogP contribution in [-0.4, -0.2) is 19.7 Å². The van der Waals surface area contributed by atoms with E-state index in [9.17, 15) is 0 Å². The van der Waals surface area contributed by atoms with E-state index in [-0.39, 0.29) is 0 Å². The Morgan fingerprint density at radius 2 is 2.14 bits per heavy atom. The summed E-state index contributed by atoms with van der Waals surface area (Å²) in [6, 6.07) is 12.4. The highest BCUT2D eigenvalue weighted by Crippen LogP contribution is 2.16. The van der Waals surface area contributed by atoms with Crippen LogP contribution in [-0.2, 0) is 13.0 Å². The summed E-state index contributed by atoms with van der Waals surface area (Å²) < 4.78 is 2.66. The molecule has 0 unspecified atom stereocenters. The lowest BCUT2D eigenvalue weighted by Gasteiger charge is -2.07. The largest absolute Gasteiger partial charge is 0.300 e. The average molecular weight is 296 g/mol. The maximum Gasteiger partial charge on any atom is 0.195 e. The lowest BCUT2D eigenvalue weighted by atomic mass is 10.1. The van der Waals surface area contributed by atoms with Gasteiger partial charge in [-0.2, -0.15) is 5.10 Å². The van der Waals surface area contributed by atoms with Gasteiger partial charge in [-0.3, -0.25) is 14.6 Å². The van der Waals surface area contributed by atoms with E-state index < -0.39 is 0 Å². The zero-order valence-corrected chi connectivity index (χ0v) is 12.6. The first kappa shape index (κ1) is 13.7. The van der Waals surface area contributed by atoms with Crippen LogP contribution in [0.4, 0.5) is 0 Å². The van der Waals surface area contributed by atoms with Crippen LogP contribution in [0.3, 0.4) is 0 Å². The van der Waals surface area contributed by atoms with Crippen LogP contribution in [0.15, 0.2) is 48.8 Å². The molecule has 4 nitrogen and oxygen atoms in total. The van der Waals surface area contributed by atoms with Gasteiger partial charge in [0.15, 0.2) is 10.6 Å². The molecule has 5 heteroatoms. The number of H-pyrrole nitrogens is 1. The number of hydrogen-bond donors (Lipinski definition) is 1. The minimum atomic E-state index is 0.640. The van der Waals surface area contributed by atoms with Gasteiger partial charge in [0.25, 0.3) is 0 Å². The average Bonchev–Trinajstić information content (AvgIpc) is 2.87. The van der Waals surface area contributed by atoms with Gasteiger partial charge < -0.3 is 0 Å². The molecule has 0 aliphatic heterocycles. The molecule has 0 fully saturated rings. The number of nitrogens with one attached hydrogen (secondary N) is 1. The molecule has 106 valence electrons. The standard InChI is InChI=1S/C16H16N4S/c1-12-4-2-5-13(10-12)7-9-20-15(18-19-16(20)21)14-6-3-8-17-11-14/h2-6,8,10-11H,7,9H2,1H3,(H,19,21). The highest BCUT2D eigenvalue weighted by molar-refractivity contribution is 7.71. The van der Waals surface area contributed by atoms with Crippen molar-refractivity contribution in [2.24, 2.45) is 0 Å². The molecule has 0 radical (unpaired) electrons. The van der Waals surface area contributed by atoms with Gasteiger partial charge in [-0.1, -0.05) is 29.8 Å². The monoisotopic (exact) mass is 296 g/mol. The summed E-state index contributed by atoms with van der Waals surface area (Å²) in [5, 5.41) is 7.19. The molecule has 0 saturated heterocycles. The number of hydrogen-bond acceptors (Lipinski definition) is 3. The molecule has 2 aromatic heterocycles. The van der Waals surface area contributed by atoms with Crippen molar-refractivity contribution in [1.82, 2.24) is 19.7 Å². The Balaban J connectivity index is 1.86. The first-order valence-corrected chi connectivity index (χ1v) is 7.26. The zero-order chi connectivity index (χ0) is 14.7. The topological polar surface area (TPSA) is 46.5 Å². The molecular weight excluding hydrogens is 280 g/mol. The number of aryl methyl sites for hydroxylation is 2. The van der Waals surface area contributed by atoms with Crippen molar-refractivity contribution in [3.63, 3.8) is 0 Å². The molecule has 0 aliphatic carbocycles. The Hall–Kier alpha value is -2.27. The summed E-state index contributed by atoms with van der Waals surface area (Å²) in [6.07, 6.45) is 4.47. The van der Waals surface area contributed by atoms with Crippen molar-refractivity contribution < 1.29 is 0 Å². The summed E-state index contributed by atoms with van der Waals surface area (Å²) in [5.74, 6) is 0.834. The van der Waals surface area contributed by atoms with Gasteiger partial charge in [0.2, 0.25) is 0 Å². The van der Waals surface area contributed by atoms with E-state index >= 15 is 0 Å². The first-order chi connectivity index (χ1) is 10.2. The van der Waals surface area contributed by atoms with E-state index in [1.807, 2.05) is 16.7 Å². The second-order valence-corrected chi connectivity index (χ2v) is 5.37. The number of aromatic nitrogens is 4. The number of pyridine rings is 1. The number of aromatic amines is 1. The van der Waals surface area contributed by atoms with Crippen molar-refractivity contribution >= 4 is 12.2 Å². The number of rotatable bonds is 4. The van der Waals surface area contributed by atoms with Gasteiger partial charge in [-0.05, 0) is 43.3 Å². The van der Waals surface area contributed by atoms with Crippen LogP contribution in [0.1, 0.15) is 11.1 Å². The summed E-state index contributed by atoms with van der Waals surface area (Å²) in [5.41, 5.74) is 3.54. The summed E-state index contributed by atoms with van der Waals surface area (Å²) in [7, 11) is 0. The van der Waals surface area contributed by atoms with Gasteiger partial charge in [0.05, 0.1) is 0 Å². The quantitative estimate of drug-likeness (QED) is 0.749. The van der Waals surface area contributed by atoms with E-state index in [2.05, 4.69) is 46.4 Å². The minimum absolute atomic E-state index is 0.640. The third-order valence-corrected chi connectivity index (χ3v) is 3.70. The van der Waals surface area contributed by atoms with Crippen molar-refractivity contribution in [3.8, 4) is 11.4 Å². The van der Waals surface area contributed by atoms with Crippen LogP contribution in [0.5, 0.6) is 0 Å². The molecule has 1 N–H and O–H groups in total. The van der Waals surface area contributed by atoms with Crippen molar-refractivity contribution in [2.75, 3.05) is 0 Å². The predicted molar refractivity (Wildman–Crippen MR) is 85.5 cm³/mol. The molecule has 0 saturated carbocycles. The minimum Gasteiger partial charge on any atom is -0.300 e. The van der Waals surface area contributed by atoms with E-state index in [1.54, 1.807) is 12.4 Å². The van der Waals surface area contributed by atoms with Crippen LogP contribution < -0.4 is 0 Å². The molecule has 0 bridgehead atoms. The molecule has 21 heavy (non-hydrogen) atoms. The van der Waals surface area contributed by atoms with Crippen LogP contribution in [0.25, 0.3) is 11.4 Å².